The molecule has 0 saturated heterocycles. The average molecular weight is 626 g/mol. The fourth-order valence-corrected chi connectivity index (χ4v) is 5.71. The van der Waals surface area contributed by atoms with Gasteiger partial charge in [-0.25, -0.2) is 8.42 Å². The smallest absolute Gasteiger partial charge is 0.417 e. The first-order valence-corrected chi connectivity index (χ1v) is 14.7. The van der Waals surface area contributed by atoms with Crippen molar-refractivity contribution in [1.82, 2.24) is 10.2 Å². The molecule has 1 unspecified atom stereocenters. The Kier molecular flexibility index (Phi) is 10.5. The van der Waals surface area contributed by atoms with Gasteiger partial charge in [-0.15, -0.1) is 0 Å². The predicted octanol–water partition coefficient (Wildman–Crippen LogP) is 5.42. The Morgan fingerprint density at radius 1 is 1.02 bits per heavy atom. The zero-order valence-corrected chi connectivity index (χ0v) is 25.0. The number of methoxy groups -OCH3 is 1. The highest BCUT2D eigenvalue weighted by atomic mass is 35.5. The summed E-state index contributed by atoms with van der Waals surface area (Å²) in [6, 6.07) is 13.9. The maximum absolute atomic E-state index is 13.9. The molecule has 0 aromatic heterocycles. The van der Waals surface area contributed by atoms with Crippen LogP contribution >= 0.6 is 11.6 Å². The van der Waals surface area contributed by atoms with E-state index in [1.54, 1.807) is 38.1 Å². The molecule has 226 valence electrons. The van der Waals surface area contributed by atoms with Crippen LogP contribution < -0.4 is 14.4 Å². The predicted molar refractivity (Wildman–Crippen MR) is 154 cm³/mol. The van der Waals surface area contributed by atoms with E-state index >= 15 is 0 Å². The van der Waals surface area contributed by atoms with Crippen molar-refractivity contribution in [3.63, 3.8) is 0 Å². The van der Waals surface area contributed by atoms with Crippen molar-refractivity contribution in [2.45, 2.75) is 44.4 Å². The number of halogens is 4. The molecule has 3 rings (SSSR count). The van der Waals surface area contributed by atoms with E-state index in [4.69, 9.17) is 16.3 Å². The first-order chi connectivity index (χ1) is 19.7. The molecule has 0 fully saturated rings. The Labute approximate surface area is 248 Å². The summed E-state index contributed by atoms with van der Waals surface area (Å²) in [4.78, 5) is 27.6. The minimum absolute atomic E-state index is 0.0893. The highest BCUT2D eigenvalue weighted by Crippen LogP contribution is 2.38. The summed E-state index contributed by atoms with van der Waals surface area (Å²) in [5, 5.41) is 2.01. The van der Waals surface area contributed by atoms with Crippen LogP contribution in [0.4, 0.5) is 18.9 Å². The lowest BCUT2D eigenvalue weighted by molar-refractivity contribution is -0.139. The van der Waals surface area contributed by atoms with Crippen LogP contribution in [0.2, 0.25) is 5.02 Å². The van der Waals surface area contributed by atoms with E-state index in [2.05, 4.69) is 5.32 Å². The molecule has 3 aromatic carbocycles. The molecule has 3 aromatic rings. The van der Waals surface area contributed by atoms with Crippen molar-refractivity contribution in [3.8, 4) is 5.75 Å². The van der Waals surface area contributed by atoms with Gasteiger partial charge in [0.15, 0.2) is 0 Å². The second kappa shape index (κ2) is 13.5. The second-order valence-electron chi connectivity index (χ2n) is 9.43. The molecule has 1 atom stereocenters. The Morgan fingerprint density at radius 2 is 1.64 bits per heavy atom. The third kappa shape index (κ3) is 7.74. The van der Waals surface area contributed by atoms with Crippen LogP contribution in [-0.2, 0) is 32.3 Å². The van der Waals surface area contributed by atoms with E-state index in [1.165, 1.54) is 43.2 Å². The molecule has 2 amide bonds. The lowest BCUT2D eigenvalue weighted by Gasteiger charge is -2.32. The van der Waals surface area contributed by atoms with E-state index in [1.807, 2.05) is 0 Å². The van der Waals surface area contributed by atoms with Crippen molar-refractivity contribution < 1.29 is 35.9 Å². The number of alkyl halides is 3. The molecular weight excluding hydrogens is 595 g/mol. The van der Waals surface area contributed by atoms with Gasteiger partial charge in [0.25, 0.3) is 10.0 Å². The molecule has 13 heteroatoms. The molecule has 0 saturated carbocycles. The number of anilines is 1. The quantitative estimate of drug-likeness (QED) is 0.307. The first-order valence-electron chi connectivity index (χ1n) is 12.8. The topological polar surface area (TPSA) is 96.0 Å². The zero-order chi connectivity index (χ0) is 31.2. The third-order valence-corrected chi connectivity index (χ3v) is 8.58. The highest BCUT2D eigenvalue weighted by molar-refractivity contribution is 7.92. The Morgan fingerprint density at radius 3 is 2.19 bits per heavy atom. The second-order valence-corrected chi connectivity index (χ2v) is 11.7. The van der Waals surface area contributed by atoms with Crippen LogP contribution in [0, 0.1) is 6.92 Å². The molecule has 0 aliphatic rings. The van der Waals surface area contributed by atoms with Crippen LogP contribution in [0.3, 0.4) is 0 Å². The van der Waals surface area contributed by atoms with Gasteiger partial charge in [-0.1, -0.05) is 41.4 Å². The van der Waals surface area contributed by atoms with E-state index in [0.29, 0.717) is 21.7 Å². The van der Waals surface area contributed by atoms with Crippen LogP contribution in [0.25, 0.3) is 0 Å². The molecule has 0 bridgehead atoms. The molecule has 0 radical (unpaired) electrons. The number of hydrogen-bond donors (Lipinski definition) is 1. The van der Waals surface area contributed by atoms with Crippen molar-refractivity contribution >= 4 is 39.1 Å². The third-order valence-electron chi connectivity index (χ3n) is 6.46. The number of carbonyl (C=O) groups is 2. The SMILES string of the molecule is CCNC(=O)C(C)N(Cc1ccc(OC)cc1)C(=O)CN(c1ccc(Cl)c(C(F)(F)F)c1)S(=O)(=O)c1ccc(C)cc1. The summed E-state index contributed by atoms with van der Waals surface area (Å²) >= 11 is 5.79. The number of carbonyl (C=O) groups excluding carboxylic acids is 2. The van der Waals surface area contributed by atoms with Gasteiger partial charge in [0.05, 0.1) is 28.3 Å². The van der Waals surface area contributed by atoms with E-state index in [9.17, 15) is 31.2 Å². The summed E-state index contributed by atoms with van der Waals surface area (Å²) in [5.74, 6) is -0.742. The number of ether oxygens (including phenoxy) is 1. The lowest BCUT2D eigenvalue weighted by Crippen LogP contribution is -2.51. The Balaban J connectivity index is 2.11. The maximum atomic E-state index is 13.9. The molecule has 1 N–H and O–H groups in total. The molecule has 0 aliphatic carbocycles. The number of likely N-dealkylation sites (N-methyl/N-ethyl adjacent to an activating group) is 1. The molecular formula is C29H31ClF3N3O5S. The van der Waals surface area contributed by atoms with Gasteiger partial charge >= 0.3 is 6.18 Å². The zero-order valence-electron chi connectivity index (χ0n) is 23.4. The van der Waals surface area contributed by atoms with Crippen LogP contribution in [0.5, 0.6) is 5.75 Å². The number of amides is 2. The number of hydrogen-bond acceptors (Lipinski definition) is 5. The molecule has 0 spiro atoms. The van der Waals surface area contributed by atoms with Crippen LogP contribution in [0.1, 0.15) is 30.5 Å². The monoisotopic (exact) mass is 625 g/mol. The highest BCUT2D eigenvalue weighted by Gasteiger charge is 2.37. The van der Waals surface area contributed by atoms with Crippen molar-refractivity contribution in [2.24, 2.45) is 0 Å². The molecule has 8 nitrogen and oxygen atoms in total. The van der Waals surface area contributed by atoms with Gasteiger partial charge in [0.2, 0.25) is 11.8 Å². The fourth-order valence-electron chi connectivity index (χ4n) is 4.08. The van der Waals surface area contributed by atoms with E-state index in [0.717, 1.165) is 17.7 Å². The number of nitrogens with zero attached hydrogens (tertiary/aromatic N) is 2. The number of nitrogens with one attached hydrogen (secondary N) is 1. The van der Waals surface area contributed by atoms with Crippen molar-refractivity contribution in [2.75, 3.05) is 24.5 Å². The van der Waals surface area contributed by atoms with Gasteiger partial charge in [0.1, 0.15) is 18.3 Å². The molecule has 42 heavy (non-hydrogen) atoms. The van der Waals surface area contributed by atoms with Gasteiger partial charge in [0, 0.05) is 13.1 Å². The van der Waals surface area contributed by atoms with Crippen molar-refractivity contribution in [1.29, 1.82) is 0 Å². The summed E-state index contributed by atoms with van der Waals surface area (Å²) < 4.78 is 74.6. The Hall–Kier alpha value is -3.77. The number of benzene rings is 3. The number of rotatable bonds is 11. The lowest BCUT2D eigenvalue weighted by atomic mass is 10.1. The molecule has 0 heterocycles. The van der Waals surface area contributed by atoms with Gasteiger partial charge in [-0.3, -0.25) is 13.9 Å². The summed E-state index contributed by atoms with van der Waals surface area (Å²) in [6.45, 7) is 4.23. The van der Waals surface area contributed by atoms with Crippen molar-refractivity contribution in [3.05, 3.63) is 88.4 Å². The minimum atomic E-state index is -4.89. The maximum Gasteiger partial charge on any atom is 0.417 e. The minimum Gasteiger partial charge on any atom is -0.497 e. The van der Waals surface area contributed by atoms with Gasteiger partial charge in [-0.2, -0.15) is 13.2 Å². The normalized spacial score (nSPS) is 12.4. The largest absolute Gasteiger partial charge is 0.497 e. The summed E-state index contributed by atoms with van der Waals surface area (Å²) in [5.41, 5.74) is -0.317. The van der Waals surface area contributed by atoms with Gasteiger partial charge in [-0.05, 0) is 68.8 Å². The fraction of sp³-hybridized carbons (Fsp3) is 0.310. The standard InChI is InChI=1S/C29H31ClF3N3O5S/c1-5-34-28(38)20(3)35(17-21-8-11-23(41-4)12-9-21)27(37)18-36(42(39,40)24-13-6-19(2)7-14-24)22-10-15-26(30)25(16-22)29(31,32)33/h6-16,20H,5,17-18H2,1-4H3,(H,34,38). The van der Waals surface area contributed by atoms with E-state index < -0.39 is 56.9 Å². The van der Waals surface area contributed by atoms with Crippen LogP contribution in [0.15, 0.2) is 71.6 Å². The van der Waals surface area contributed by atoms with Gasteiger partial charge < -0.3 is 15.0 Å². The summed E-state index contributed by atoms with van der Waals surface area (Å²) in [7, 11) is -3.06. The number of aryl methyl sites for hydroxylation is 1. The number of sulfonamides is 1. The average Bonchev–Trinajstić information content (AvgIpc) is 2.94. The first kappa shape index (κ1) is 32.7. The Bertz CT molecular complexity index is 1510. The summed E-state index contributed by atoms with van der Waals surface area (Å²) in [6.07, 6.45) is -4.89. The van der Waals surface area contributed by atoms with E-state index in [-0.39, 0.29) is 18.0 Å². The molecule has 0 aliphatic heterocycles. The van der Waals surface area contributed by atoms with Crippen LogP contribution in [-0.4, -0.2) is 51.4 Å².